The molecular formula is C18H26N2O3S. The molecule has 0 N–H and O–H groups in total. The third-order valence-electron chi connectivity index (χ3n) is 5.00. The normalized spacial score (nSPS) is 23.2. The molecule has 1 aromatic carbocycles. The second-order valence-corrected chi connectivity index (χ2v) is 8.93. The number of hydrogen-bond acceptors (Lipinski definition) is 3. The number of piperidine rings is 2. The largest absolute Gasteiger partial charge is 0.338 e. The first-order chi connectivity index (χ1) is 11.5. The standard InChI is InChI=1S/C18H26N2O3S/c1-15-6-5-11-19(14-15)18(21)16-7-9-17(10-8-16)24(22,23)20-12-3-2-4-13-20/h7-10,15H,2-6,11-14H2,1H3/t15-/m0/s1. The van der Waals surface area contributed by atoms with Gasteiger partial charge in [0.2, 0.25) is 10.0 Å². The average Bonchev–Trinajstić information content (AvgIpc) is 2.62. The van der Waals surface area contributed by atoms with Crippen LogP contribution < -0.4 is 0 Å². The highest BCUT2D eigenvalue weighted by Crippen LogP contribution is 2.22. The number of carbonyl (C=O) groups is 1. The lowest BCUT2D eigenvalue weighted by molar-refractivity contribution is 0.0683. The Hall–Kier alpha value is -1.40. The number of carbonyl (C=O) groups excluding carboxylic acids is 1. The summed E-state index contributed by atoms with van der Waals surface area (Å²) in [6, 6.07) is 6.45. The molecule has 0 aliphatic carbocycles. The van der Waals surface area contributed by atoms with E-state index in [9.17, 15) is 13.2 Å². The van der Waals surface area contributed by atoms with E-state index in [4.69, 9.17) is 0 Å². The van der Waals surface area contributed by atoms with E-state index in [0.29, 0.717) is 24.6 Å². The number of hydrogen-bond donors (Lipinski definition) is 0. The molecule has 2 fully saturated rings. The summed E-state index contributed by atoms with van der Waals surface area (Å²) in [5, 5.41) is 0. The van der Waals surface area contributed by atoms with E-state index >= 15 is 0 Å². The molecule has 132 valence electrons. The average molecular weight is 350 g/mol. The Morgan fingerprint density at radius 2 is 1.67 bits per heavy atom. The van der Waals surface area contributed by atoms with Crippen molar-refractivity contribution in [1.29, 1.82) is 0 Å². The Morgan fingerprint density at radius 3 is 2.29 bits per heavy atom. The highest BCUT2D eigenvalue weighted by molar-refractivity contribution is 7.89. The Morgan fingerprint density at radius 1 is 1.00 bits per heavy atom. The van der Waals surface area contributed by atoms with Crippen LogP contribution in [0.15, 0.2) is 29.2 Å². The summed E-state index contributed by atoms with van der Waals surface area (Å²) in [6.45, 7) is 4.92. The van der Waals surface area contributed by atoms with Crippen molar-refractivity contribution < 1.29 is 13.2 Å². The molecule has 2 aliphatic heterocycles. The minimum Gasteiger partial charge on any atom is -0.338 e. The molecular weight excluding hydrogens is 324 g/mol. The number of benzene rings is 1. The summed E-state index contributed by atoms with van der Waals surface area (Å²) in [4.78, 5) is 14.7. The highest BCUT2D eigenvalue weighted by atomic mass is 32.2. The monoisotopic (exact) mass is 350 g/mol. The molecule has 2 saturated heterocycles. The summed E-state index contributed by atoms with van der Waals surface area (Å²) in [7, 11) is -3.43. The van der Waals surface area contributed by atoms with E-state index in [1.54, 1.807) is 28.6 Å². The van der Waals surface area contributed by atoms with Crippen molar-refractivity contribution in [3.05, 3.63) is 29.8 Å². The van der Waals surface area contributed by atoms with E-state index in [1.165, 1.54) is 0 Å². The minimum atomic E-state index is -3.43. The first-order valence-corrected chi connectivity index (χ1v) is 10.3. The summed E-state index contributed by atoms with van der Waals surface area (Å²) < 4.78 is 26.8. The maximum absolute atomic E-state index is 12.6. The zero-order valence-electron chi connectivity index (χ0n) is 14.3. The number of rotatable bonds is 3. The van der Waals surface area contributed by atoms with Gasteiger partial charge in [-0.15, -0.1) is 0 Å². The van der Waals surface area contributed by atoms with Crippen LogP contribution >= 0.6 is 0 Å². The smallest absolute Gasteiger partial charge is 0.253 e. The van der Waals surface area contributed by atoms with Gasteiger partial charge in [0, 0.05) is 31.7 Å². The van der Waals surface area contributed by atoms with Crippen LogP contribution in [0.4, 0.5) is 0 Å². The summed E-state index contributed by atoms with van der Waals surface area (Å²) >= 11 is 0. The molecule has 0 bridgehead atoms. The Balaban J connectivity index is 1.74. The van der Waals surface area contributed by atoms with Gasteiger partial charge in [-0.2, -0.15) is 4.31 Å². The van der Waals surface area contributed by atoms with Crippen molar-refractivity contribution in [3.63, 3.8) is 0 Å². The van der Waals surface area contributed by atoms with Gasteiger partial charge in [-0.05, 0) is 55.9 Å². The van der Waals surface area contributed by atoms with Gasteiger partial charge in [-0.3, -0.25) is 4.79 Å². The maximum Gasteiger partial charge on any atom is 0.253 e. The number of nitrogens with zero attached hydrogens (tertiary/aromatic N) is 2. The molecule has 3 rings (SSSR count). The van der Waals surface area contributed by atoms with Crippen molar-refractivity contribution in [2.24, 2.45) is 5.92 Å². The van der Waals surface area contributed by atoms with Gasteiger partial charge in [0.25, 0.3) is 5.91 Å². The molecule has 0 unspecified atom stereocenters. The fourth-order valence-corrected chi connectivity index (χ4v) is 5.10. The van der Waals surface area contributed by atoms with E-state index in [2.05, 4.69) is 6.92 Å². The van der Waals surface area contributed by atoms with Crippen molar-refractivity contribution in [1.82, 2.24) is 9.21 Å². The van der Waals surface area contributed by atoms with Gasteiger partial charge in [0.1, 0.15) is 0 Å². The second-order valence-electron chi connectivity index (χ2n) is 6.99. The number of amides is 1. The molecule has 5 nitrogen and oxygen atoms in total. The number of likely N-dealkylation sites (tertiary alicyclic amines) is 1. The van der Waals surface area contributed by atoms with Crippen molar-refractivity contribution in [2.75, 3.05) is 26.2 Å². The van der Waals surface area contributed by atoms with Gasteiger partial charge in [0.15, 0.2) is 0 Å². The molecule has 0 spiro atoms. The molecule has 1 amide bonds. The maximum atomic E-state index is 12.6. The summed E-state index contributed by atoms with van der Waals surface area (Å²) in [6.07, 6.45) is 5.13. The molecule has 0 radical (unpaired) electrons. The lowest BCUT2D eigenvalue weighted by atomic mass is 9.99. The van der Waals surface area contributed by atoms with Crippen LogP contribution in [0.1, 0.15) is 49.4 Å². The zero-order valence-corrected chi connectivity index (χ0v) is 15.1. The molecule has 6 heteroatoms. The van der Waals surface area contributed by atoms with Gasteiger partial charge in [-0.25, -0.2) is 8.42 Å². The third-order valence-corrected chi connectivity index (χ3v) is 6.91. The van der Waals surface area contributed by atoms with Crippen molar-refractivity contribution >= 4 is 15.9 Å². The minimum absolute atomic E-state index is 0.00321. The first-order valence-electron chi connectivity index (χ1n) is 8.88. The third kappa shape index (κ3) is 3.64. The second kappa shape index (κ2) is 7.23. The van der Waals surface area contributed by atoms with Gasteiger partial charge >= 0.3 is 0 Å². The van der Waals surface area contributed by atoms with Crippen LogP contribution in [0.3, 0.4) is 0 Å². The molecule has 2 heterocycles. The molecule has 2 aliphatic rings. The molecule has 0 aromatic heterocycles. The molecule has 24 heavy (non-hydrogen) atoms. The van der Waals surface area contributed by atoms with E-state index < -0.39 is 10.0 Å². The Labute approximate surface area is 144 Å². The fourth-order valence-electron chi connectivity index (χ4n) is 3.58. The van der Waals surface area contributed by atoms with Crippen LogP contribution in [-0.4, -0.2) is 49.7 Å². The van der Waals surface area contributed by atoms with Crippen LogP contribution in [0.2, 0.25) is 0 Å². The SMILES string of the molecule is C[C@H]1CCCN(C(=O)c2ccc(S(=O)(=O)N3CCCCC3)cc2)C1. The van der Waals surface area contributed by atoms with Gasteiger partial charge < -0.3 is 4.90 Å². The molecule has 1 atom stereocenters. The predicted octanol–water partition coefficient (Wildman–Crippen LogP) is 2.73. The highest BCUT2D eigenvalue weighted by Gasteiger charge is 2.27. The fraction of sp³-hybridized carbons (Fsp3) is 0.611. The summed E-state index contributed by atoms with van der Waals surface area (Å²) in [5.41, 5.74) is 0.571. The van der Waals surface area contributed by atoms with Crippen LogP contribution in [-0.2, 0) is 10.0 Å². The van der Waals surface area contributed by atoms with Gasteiger partial charge in [0.05, 0.1) is 4.90 Å². The Kier molecular flexibility index (Phi) is 5.25. The topological polar surface area (TPSA) is 57.7 Å². The lowest BCUT2D eigenvalue weighted by Gasteiger charge is -2.31. The molecule has 0 saturated carbocycles. The first kappa shape index (κ1) is 17.4. The Bertz CT molecular complexity index is 679. The predicted molar refractivity (Wildman–Crippen MR) is 93.4 cm³/mol. The molecule has 1 aromatic rings. The van der Waals surface area contributed by atoms with E-state index in [1.807, 2.05) is 4.90 Å². The van der Waals surface area contributed by atoms with Crippen molar-refractivity contribution in [3.8, 4) is 0 Å². The van der Waals surface area contributed by atoms with Gasteiger partial charge in [-0.1, -0.05) is 13.3 Å². The van der Waals surface area contributed by atoms with Crippen molar-refractivity contribution in [2.45, 2.75) is 43.9 Å². The van der Waals surface area contributed by atoms with E-state index in [0.717, 1.165) is 45.2 Å². The van der Waals surface area contributed by atoms with E-state index in [-0.39, 0.29) is 10.8 Å². The quantitative estimate of drug-likeness (QED) is 0.842. The number of sulfonamides is 1. The lowest BCUT2D eigenvalue weighted by Crippen LogP contribution is -2.39. The van der Waals surface area contributed by atoms with Crippen LogP contribution in [0.5, 0.6) is 0 Å². The summed E-state index contributed by atoms with van der Waals surface area (Å²) in [5.74, 6) is 0.532. The van der Waals surface area contributed by atoms with Crippen LogP contribution in [0.25, 0.3) is 0 Å². The van der Waals surface area contributed by atoms with Crippen LogP contribution in [0, 0.1) is 5.92 Å². The zero-order chi connectivity index (χ0) is 17.2.